The maximum atomic E-state index is 12.9. The van der Waals surface area contributed by atoms with Gasteiger partial charge in [0, 0.05) is 29.0 Å². The first-order chi connectivity index (χ1) is 15.4. The van der Waals surface area contributed by atoms with Gasteiger partial charge in [-0.05, 0) is 29.8 Å². The van der Waals surface area contributed by atoms with Crippen molar-refractivity contribution in [2.24, 2.45) is 0 Å². The number of halogens is 1. The van der Waals surface area contributed by atoms with Crippen LogP contribution < -0.4 is 20.9 Å². The molecule has 1 aromatic heterocycles. The Balaban J connectivity index is 1.57. The van der Waals surface area contributed by atoms with E-state index in [1.54, 1.807) is 30.3 Å². The molecule has 0 spiro atoms. The zero-order chi connectivity index (χ0) is 22.7. The summed E-state index contributed by atoms with van der Waals surface area (Å²) in [5, 5.41) is 6.31. The molecule has 1 atom stereocenters. The predicted octanol–water partition coefficient (Wildman–Crippen LogP) is 3.79. The van der Waals surface area contributed by atoms with Crippen molar-refractivity contribution in [2.45, 2.75) is 23.2 Å². The normalized spacial score (nSPS) is 14.9. The van der Waals surface area contributed by atoms with Gasteiger partial charge in [-0.1, -0.05) is 41.6 Å². The Morgan fingerprint density at radius 3 is 2.84 bits per heavy atom. The van der Waals surface area contributed by atoms with E-state index in [1.165, 1.54) is 18.9 Å². The Bertz CT molecular complexity index is 1250. The number of hydrogen-bond acceptors (Lipinski definition) is 6. The Labute approximate surface area is 192 Å². The molecule has 0 fully saturated rings. The fraction of sp³-hybridized carbons (Fsp3) is 0.182. The molecule has 0 bridgehead atoms. The van der Waals surface area contributed by atoms with E-state index < -0.39 is 17.4 Å². The van der Waals surface area contributed by atoms with Gasteiger partial charge in [-0.2, -0.15) is 0 Å². The second kappa shape index (κ2) is 9.46. The number of amides is 2. The maximum absolute atomic E-state index is 12.9. The van der Waals surface area contributed by atoms with Crippen molar-refractivity contribution in [1.82, 2.24) is 9.97 Å². The maximum Gasteiger partial charge on any atom is 0.257 e. The number of H-pyrrole nitrogens is 1. The quantitative estimate of drug-likeness (QED) is 0.373. The molecule has 10 heteroatoms. The van der Waals surface area contributed by atoms with Crippen LogP contribution in [0, 0.1) is 0 Å². The lowest BCUT2D eigenvalue weighted by Crippen LogP contribution is -2.36. The van der Waals surface area contributed by atoms with Crippen LogP contribution in [-0.2, 0) is 15.3 Å². The number of benzene rings is 2. The summed E-state index contributed by atoms with van der Waals surface area (Å²) in [6.07, 6.45) is -0.150. The minimum absolute atomic E-state index is 0.101. The van der Waals surface area contributed by atoms with Gasteiger partial charge in [0.2, 0.25) is 11.8 Å². The number of fused-ring (bicyclic) bond motifs is 1. The third kappa shape index (κ3) is 4.95. The highest BCUT2D eigenvalue weighted by Crippen LogP contribution is 2.31. The highest BCUT2D eigenvalue weighted by molar-refractivity contribution is 7.98. The smallest absolute Gasteiger partial charge is 0.257 e. The van der Waals surface area contributed by atoms with E-state index in [0.29, 0.717) is 27.4 Å². The number of thioether (sulfide) groups is 1. The van der Waals surface area contributed by atoms with Gasteiger partial charge in [-0.25, -0.2) is 4.98 Å². The molecule has 1 aliphatic rings. The molecule has 164 valence electrons. The first-order valence-electron chi connectivity index (χ1n) is 9.69. The third-order valence-electron chi connectivity index (χ3n) is 4.85. The van der Waals surface area contributed by atoms with Crippen molar-refractivity contribution >= 4 is 46.7 Å². The molecule has 2 heterocycles. The molecule has 2 amide bonds. The summed E-state index contributed by atoms with van der Waals surface area (Å²) in [6, 6.07) is 14.2. The molecule has 3 aromatic rings. The van der Waals surface area contributed by atoms with Gasteiger partial charge in [0.05, 0.1) is 18.6 Å². The molecule has 0 radical (unpaired) electrons. The van der Waals surface area contributed by atoms with Gasteiger partial charge in [-0.3, -0.25) is 14.4 Å². The molecular weight excluding hydrogens is 452 g/mol. The van der Waals surface area contributed by atoms with Crippen molar-refractivity contribution in [3.05, 3.63) is 75.0 Å². The second-order valence-electron chi connectivity index (χ2n) is 7.08. The van der Waals surface area contributed by atoms with E-state index >= 15 is 0 Å². The van der Waals surface area contributed by atoms with Crippen LogP contribution in [0.3, 0.4) is 0 Å². The van der Waals surface area contributed by atoms with Crippen LogP contribution in [0.1, 0.15) is 23.5 Å². The molecule has 0 saturated carbocycles. The van der Waals surface area contributed by atoms with Gasteiger partial charge in [0.15, 0.2) is 5.16 Å². The van der Waals surface area contributed by atoms with Gasteiger partial charge in [0.1, 0.15) is 11.6 Å². The fourth-order valence-corrected chi connectivity index (χ4v) is 4.37. The number of nitrogens with zero attached hydrogens (tertiary/aromatic N) is 1. The monoisotopic (exact) mass is 470 g/mol. The summed E-state index contributed by atoms with van der Waals surface area (Å²) < 4.78 is 5.16. The standard InChI is InChI=1S/C22H19ClN4O4S/c1-31-15-7-3-6-14(9-15)24-20(29)16-10-17(28)25-19-18(16)21(30)27-22(26-19)32-11-12-4-2-5-13(23)8-12/h2-9,16H,10-11H2,1H3,(H,24,29)(H2,25,26,27,28,30)/t16-/m0/s1. The van der Waals surface area contributed by atoms with Crippen molar-refractivity contribution < 1.29 is 14.3 Å². The van der Waals surface area contributed by atoms with Gasteiger partial charge in [0.25, 0.3) is 5.56 Å². The van der Waals surface area contributed by atoms with E-state index in [1.807, 2.05) is 18.2 Å². The van der Waals surface area contributed by atoms with Crippen LogP contribution in [0.25, 0.3) is 0 Å². The number of methoxy groups -OCH3 is 1. The summed E-state index contributed by atoms with van der Waals surface area (Å²) in [7, 11) is 1.52. The average molecular weight is 471 g/mol. The minimum atomic E-state index is -0.965. The molecular formula is C22H19ClN4O4S. The molecule has 3 N–H and O–H groups in total. The molecule has 0 aliphatic carbocycles. The van der Waals surface area contributed by atoms with E-state index in [4.69, 9.17) is 16.3 Å². The van der Waals surface area contributed by atoms with Crippen LogP contribution in [0.2, 0.25) is 5.02 Å². The zero-order valence-corrected chi connectivity index (χ0v) is 18.5. The summed E-state index contributed by atoms with van der Waals surface area (Å²) in [5.41, 5.74) is 1.13. The van der Waals surface area contributed by atoms with E-state index in [0.717, 1.165) is 5.56 Å². The number of nitrogens with one attached hydrogen (secondary N) is 3. The fourth-order valence-electron chi connectivity index (χ4n) is 3.35. The molecule has 0 unspecified atom stereocenters. The SMILES string of the molecule is COc1cccc(NC(=O)[C@H]2CC(=O)Nc3nc(SCc4cccc(Cl)c4)[nH]c(=O)c32)c1. The van der Waals surface area contributed by atoms with Crippen molar-refractivity contribution in [3.8, 4) is 5.75 Å². The molecule has 2 aromatic carbocycles. The number of hydrogen-bond donors (Lipinski definition) is 3. The van der Waals surface area contributed by atoms with Crippen LogP contribution in [0.5, 0.6) is 5.75 Å². The van der Waals surface area contributed by atoms with Crippen LogP contribution in [0.4, 0.5) is 11.5 Å². The topological polar surface area (TPSA) is 113 Å². The van der Waals surface area contributed by atoms with Crippen molar-refractivity contribution in [3.63, 3.8) is 0 Å². The van der Waals surface area contributed by atoms with E-state index in [9.17, 15) is 14.4 Å². The summed E-state index contributed by atoms with van der Waals surface area (Å²) in [4.78, 5) is 45.1. The summed E-state index contributed by atoms with van der Waals surface area (Å²) in [6.45, 7) is 0. The number of ether oxygens (including phenoxy) is 1. The number of carbonyl (C=O) groups is 2. The second-order valence-corrected chi connectivity index (χ2v) is 8.48. The lowest BCUT2D eigenvalue weighted by atomic mass is 9.92. The number of aromatic nitrogens is 2. The first-order valence-corrected chi connectivity index (χ1v) is 11.1. The third-order valence-corrected chi connectivity index (χ3v) is 6.03. The van der Waals surface area contributed by atoms with Gasteiger partial charge < -0.3 is 20.4 Å². The van der Waals surface area contributed by atoms with E-state index in [2.05, 4.69) is 20.6 Å². The van der Waals surface area contributed by atoms with E-state index in [-0.39, 0.29) is 23.7 Å². The Kier molecular flexibility index (Phi) is 6.48. The average Bonchev–Trinajstić information content (AvgIpc) is 2.77. The van der Waals surface area contributed by atoms with Crippen molar-refractivity contribution in [1.29, 1.82) is 0 Å². The lowest BCUT2D eigenvalue weighted by Gasteiger charge is -2.23. The minimum Gasteiger partial charge on any atom is -0.497 e. The molecule has 4 rings (SSSR count). The highest BCUT2D eigenvalue weighted by atomic mass is 35.5. The number of aromatic amines is 1. The largest absolute Gasteiger partial charge is 0.497 e. The zero-order valence-electron chi connectivity index (χ0n) is 17.0. The number of carbonyl (C=O) groups excluding carboxylic acids is 2. The number of anilines is 2. The van der Waals surface area contributed by atoms with Crippen molar-refractivity contribution in [2.75, 3.05) is 17.7 Å². The summed E-state index contributed by atoms with van der Waals surface area (Å²) in [5.74, 6) is -0.619. The number of rotatable bonds is 6. The first kappa shape index (κ1) is 21.9. The Morgan fingerprint density at radius 2 is 2.06 bits per heavy atom. The lowest BCUT2D eigenvalue weighted by molar-refractivity contribution is -0.123. The molecule has 8 nitrogen and oxygen atoms in total. The van der Waals surface area contributed by atoms with Crippen LogP contribution in [-0.4, -0.2) is 28.9 Å². The van der Waals surface area contributed by atoms with Crippen LogP contribution >= 0.6 is 23.4 Å². The molecule has 32 heavy (non-hydrogen) atoms. The molecule has 0 saturated heterocycles. The predicted molar refractivity (Wildman–Crippen MR) is 123 cm³/mol. The summed E-state index contributed by atoms with van der Waals surface area (Å²) >= 11 is 7.30. The Hall–Kier alpha value is -3.30. The van der Waals surface area contributed by atoms with Gasteiger partial charge in [-0.15, -0.1) is 0 Å². The van der Waals surface area contributed by atoms with Crippen LogP contribution in [0.15, 0.2) is 58.5 Å². The Morgan fingerprint density at radius 1 is 1.25 bits per heavy atom. The molecule has 1 aliphatic heterocycles. The van der Waals surface area contributed by atoms with Gasteiger partial charge >= 0.3 is 0 Å². The highest BCUT2D eigenvalue weighted by Gasteiger charge is 2.34.